The molecule has 7 heteroatoms. The number of benzene rings is 2. The van der Waals surface area contributed by atoms with E-state index in [1.54, 1.807) is 6.07 Å². The third-order valence-corrected chi connectivity index (χ3v) is 4.36. The minimum atomic E-state index is -0.466. The van der Waals surface area contributed by atoms with E-state index in [1.165, 1.54) is 0 Å². The Labute approximate surface area is 143 Å². The molecule has 0 saturated heterocycles. The zero-order chi connectivity index (χ0) is 17.6. The quantitative estimate of drug-likeness (QED) is 0.297. The summed E-state index contributed by atoms with van der Waals surface area (Å²) in [5, 5.41) is 17.5. The summed E-state index contributed by atoms with van der Waals surface area (Å²) in [7, 11) is 0. The molecule has 0 aliphatic rings. The van der Waals surface area contributed by atoms with E-state index in [-0.39, 0.29) is 5.69 Å². The van der Waals surface area contributed by atoms with Crippen LogP contribution in [0.5, 0.6) is 0 Å². The SMILES string of the molecule is Cc1ccc2cc(C(=O)NN)nnc2c1-c1ccc2n[nH]c(C)c2c1. The van der Waals surface area contributed by atoms with Crippen LogP contribution in [0.1, 0.15) is 21.7 Å². The van der Waals surface area contributed by atoms with Crippen molar-refractivity contribution in [1.82, 2.24) is 25.8 Å². The summed E-state index contributed by atoms with van der Waals surface area (Å²) >= 11 is 0. The molecule has 0 aliphatic heterocycles. The first-order valence-electron chi connectivity index (χ1n) is 7.81. The number of fused-ring (bicyclic) bond motifs is 2. The van der Waals surface area contributed by atoms with Crippen molar-refractivity contribution in [2.45, 2.75) is 13.8 Å². The number of nitrogens with zero attached hydrogens (tertiary/aromatic N) is 3. The fourth-order valence-electron chi connectivity index (χ4n) is 3.06. The van der Waals surface area contributed by atoms with Gasteiger partial charge in [0.15, 0.2) is 5.69 Å². The smallest absolute Gasteiger partial charge is 0.285 e. The molecule has 7 nitrogen and oxygen atoms in total. The molecule has 2 heterocycles. The topological polar surface area (TPSA) is 110 Å². The molecule has 0 aliphatic carbocycles. The highest BCUT2D eigenvalue weighted by molar-refractivity contribution is 6.00. The van der Waals surface area contributed by atoms with Crippen LogP contribution in [-0.4, -0.2) is 26.3 Å². The summed E-state index contributed by atoms with van der Waals surface area (Å²) in [4.78, 5) is 11.7. The fraction of sp³-hybridized carbons (Fsp3) is 0.111. The Morgan fingerprint density at radius 1 is 1.12 bits per heavy atom. The first-order chi connectivity index (χ1) is 12.1. The van der Waals surface area contributed by atoms with E-state index in [4.69, 9.17) is 5.84 Å². The second-order valence-electron chi connectivity index (χ2n) is 5.98. The fourth-order valence-corrected chi connectivity index (χ4v) is 3.06. The minimum absolute atomic E-state index is 0.186. The number of carbonyl (C=O) groups excluding carboxylic acids is 1. The van der Waals surface area contributed by atoms with Crippen LogP contribution in [0, 0.1) is 13.8 Å². The number of hydrazine groups is 1. The number of amides is 1. The number of aromatic amines is 1. The molecular formula is C18H16N6O. The number of nitrogens with two attached hydrogens (primary N) is 1. The molecule has 0 saturated carbocycles. The van der Waals surface area contributed by atoms with Crippen LogP contribution in [0.15, 0.2) is 36.4 Å². The van der Waals surface area contributed by atoms with Crippen LogP contribution in [0.4, 0.5) is 0 Å². The number of hydrogen-bond donors (Lipinski definition) is 3. The van der Waals surface area contributed by atoms with Crippen molar-refractivity contribution >= 4 is 27.7 Å². The lowest BCUT2D eigenvalue weighted by molar-refractivity contribution is 0.0948. The molecule has 2 aromatic heterocycles. The zero-order valence-electron chi connectivity index (χ0n) is 13.8. The van der Waals surface area contributed by atoms with Crippen molar-refractivity contribution in [3.8, 4) is 11.1 Å². The summed E-state index contributed by atoms with van der Waals surface area (Å²) in [6.45, 7) is 4.02. The van der Waals surface area contributed by atoms with Crippen LogP contribution in [0.3, 0.4) is 0 Å². The van der Waals surface area contributed by atoms with E-state index in [1.807, 2.05) is 38.1 Å². The Balaban J connectivity index is 1.97. The van der Waals surface area contributed by atoms with Crippen molar-refractivity contribution < 1.29 is 4.79 Å². The van der Waals surface area contributed by atoms with Gasteiger partial charge in [-0.2, -0.15) is 5.10 Å². The molecule has 2 aromatic carbocycles. The van der Waals surface area contributed by atoms with Crippen molar-refractivity contribution in [2.75, 3.05) is 0 Å². The average Bonchev–Trinajstić information content (AvgIpc) is 3.01. The van der Waals surface area contributed by atoms with Crippen LogP contribution >= 0.6 is 0 Å². The number of rotatable bonds is 2. The molecule has 4 N–H and O–H groups in total. The molecule has 25 heavy (non-hydrogen) atoms. The van der Waals surface area contributed by atoms with Gasteiger partial charge in [-0.25, -0.2) is 5.84 Å². The number of aromatic nitrogens is 4. The summed E-state index contributed by atoms with van der Waals surface area (Å²) in [6.07, 6.45) is 0. The van der Waals surface area contributed by atoms with Crippen LogP contribution in [-0.2, 0) is 0 Å². The van der Waals surface area contributed by atoms with E-state index in [9.17, 15) is 4.79 Å². The second-order valence-corrected chi connectivity index (χ2v) is 5.98. The number of nitrogen functional groups attached to an aromatic ring is 1. The van der Waals surface area contributed by atoms with Crippen molar-refractivity contribution in [3.05, 3.63) is 53.3 Å². The average molecular weight is 332 g/mol. The van der Waals surface area contributed by atoms with Gasteiger partial charge in [0, 0.05) is 22.0 Å². The first kappa shape index (κ1) is 15.2. The Kier molecular flexibility index (Phi) is 3.43. The number of carbonyl (C=O) groups is 1. The number of H-pyrrole nitrogens is 1. The van der Waals surface area contributed by atoms with Crippen LogP contribution < -0.4 is 11.3 Å². The summed E-state index contributed by atoms with van der Waals surface area (Å²) in [5.74, 6) is 4.71. The summed E-state index contributed by atoms with van der Waals surface area (Å²) in [5.41, 5.74) is 8.05. The van der Waals surface area contributed by atoms with E-state index >= 15 is 0 Å². The molecule has 0 fully saturated rings. The highest BCUT2D eigenvalue weighted by Crippen LogP contribution is 2.32. The third kappa shape index (κ3) is 2.41. The Morgan fingerprint density at radius 3 is 2.76 bits per heavy atom. The highest BCUT2D eigenvalue weighted by Gasteiger charge is 2.14. The molecule has 4 aromatic rings. The third-order valence-electron chi connectivity index (χ3n) is 4.36. The molecule has 0 bridgehead atoms. The molecule has 0 spiro atoms. The van der Waals surface area contributed by atoms with Crippen molar-refractivity contribution in [3.63, 3.8) is 0 Å². The molecule has 124 valence electrons. The van der Waals surface area contributed by atoms with E-state index < -0.39 is 5.91 Å². The first-order valence-corrected chi connectivity index (χ1v) is 7.81. The van der Waals surface area contributed by atoms with Gasteiger partial charge in [-0.05, 0) is 43.2 Å². The normalized spacial score (nSPS) is 11.2. The maximum absolute atomic E-state index is 11.7. The highest BCUT2D eigenvalue weighted by atomic mass is 16.2. The largest absolute Gasteiger partial charge is 0.289 e. The molecule has 0 unspecified atom stereocenters. The molecule has 0 atom stereocenters. The van der Waals surface area contributed by atoms with Gasteiger partial charge in [0.05, 0.1) is 5.52 Å². The predicted octanol–water partition coefficient (Wildman–Crippen LogP) is 2.39. The Hall–Kier alpha value is -3.32. The minimum Gasteiger partial charge on any atom is -0.289 e. The monoisotopic (exact) mass is 332 g/mol. The maximum atomic E-state index is 11.7. The van der Waals surface area contributed by atoms with E-state index in [0.29, 0.717) is 0 Å². The van der Waals surface area contributed by atoms with Crippen LogP contribution in [0.2, 0.25) is 0 Å². The van der Waals surface area contributed by atoms with Crippen molar-refractivity contribution in [1.29, 1.82) is 0 Å². The Morgan fingerprint density at radius 2 is 1.96 bits per heavy atom. The number of hydrogen-bond acceptors (Lipinski definition) is 5. The van der Waals surface area contributed by atoms with Gasteiger partial charge >= 0.3 is 0 Å². The molecule has 0 radical (unpaired) electrons. The summed E-state index contributed by atoms with van der Waals surface area (Å²) in [6, 6.07) is 11.7. The van der Waals surface area contributed by atoms with E-state index in [0.717, 1.165) is 44.2 Å². The van der Waals surface area contributed by atoms with Gasteiger partial charge in [-0.15, -0.1) is 10.2 Å². The zero-order valence-corrected chi connectivity index (χ0v) is 13.8. The van der Waals surface area contributed by atoms with E-state index in [2.05, 4.69) is 31.9 Å². The molecule has 1 amide bonds. The maximum Gasteiger partial charge on any atom is 0.285 e. The molecule has 4 rings (SSSR count). The lowest BCUT2D eigenvalue weighted by Gasteiger charge is -2.10. The van der Waals surface area contributed by atoms with Crippen LogP contribution in [0.25, 0.3) is 32.9 Å². The lowest BCUT2D eigenvalue weighted by atomic mass is 9.96. The second kappa shape index (κ2) is 5.64. The van der Waals surface area contributed by atoms with Gasteiger partial charge in [-0.3, -0.25) is 15.3 Å². The predicted molar refractivity (Wildman–Crippen MR) is 95.8 cm³/mol. The van der Waals surface area contributed by atoms with Gasteiger partial charge in [0.1, 0.15) is 5.52 Å². The van der Waals surface area contributed by atoms with Gasteiger partial charge < -0.3 is 0 Å². The molecular weight excluding hydrogens is 316 g/mol. The van der Waals surface area contributed by atoms with Gasteiger partial charge in [0.25, 0.3) is 5.91 Å². The van der Waals surface area contributed by atoms with Crippen molar-refractivity contribution in [2.24, 2.45) is 5.84 Å². The lowest BCUT2D eigenvalue weighted by Crippen LogP contribution is -2.30. The number of nitrogens with one attached hydrogen (secondary N) is 2. The Bertz CT molecular complexity index is 1130. The van der Waals surface area contributed by atoms with Gasteiger partial charge in [0.2, 0.25) is 0 Å². The standard InChI is InChI=1S/C18H16N6O/c1-9-3-4-12-8-15(18(25)20-19)23-24-17(12)16(9)11-5-6-14-13(7-11)10(2)21-22-14/h3-8H,19H2,1-2H3,(H,20,25)(H,21,22). The van der Waals surface area contributed by atoms with Gasteiger partial charge in [-0.1, -0.05) is 18.2 Å². The number of aryl methyl sites for hydroxylation is 2. The summed E-state index contributed by atoms with van der Waals surface area (Å²) < 4.78 is 0.